The van der Waals surface area contributed by atoms with Gasteiger partial charge in [0.15, 0.2) is 0 Å². The number of aromatic nitrogens is 2. The minimum absolute atomic E-state index is 0.693. The van der Waals surface area contributed by atoms with Crippen molar-refractivity contribution in [1.82, 2.24) is 14.9 Å². The van der Waals surface area contributed by atoms with Crippen LogP contribution in [0.5, 0.6) is 5.75 Å². The van der Waals surface area contributed by atoms with E-state index in [4.69, 9.17) is 16.3 Å². The van der Waals surface area contributed by atoms with Gasteiger partial charge in [0.25, 0.3) is 0 Å². The number of rotatable bonds is 8. The van der Waals surface area contributed by atoms with Crippen LogP contribution in [0.15, 0.2) is 73.1 Å². The van der Waals surface area contributed by atoms with Gasteiger partial charge in [-0.05, 0) is 54.6 Å². The first-order chi connectivity index (χ1) is 15.1. The average Bonchev–Trinajstić information content (AvgIpc) is 2.78. The molecular formula is C25H25ClN4O. The van der Waals surface area contributed by atoms with E-state index >= 15 is 0 Å². The topological polar surface area (TPSA) is 50.3 Å². The Hall–Kier alpha value is -3.15. The Kier molecular flexibility index (Phi) is 6.65. The van der Waals surface area contributed by atoms with E-state index in [1.807, 2.05) is 36.4 Å². The van der Waals surface area contributed by atoms with Crippen molar-refractivity contribution in [1.29, 1.82) is 0 Å². The van der Waals surface area contributed by atoms with E-state index in [1.165, 1.54) is 11.1 Å². The third-order valence-electron chi connectivity index (χ3n) is 5.10. The number of benzene rings is 2. The molecular weight excluding hydrogens is 408 g/mol. The largest absolute Gasteiger partial charge is 0.495 e. The van der Waals surface area contributed by atoms with Gasteiger partial charge in [0.05, 0.1) is 24.5 Å². The minimum atomic E-state index is 0.693. The molecule has 0 spiro atoms. The summed E-state index contributed by atoms with van der Waals surface area (Å²) in [5.41, 5.74) is 5.45. The summed E-state index contributed by atoms with van der Waals surface area (Å²) in [6.07, 6.45) is 3.56. The standard InChI is InChI=1S/C25H25ClN4O/c1-30(17-21-7-8-22(31-2)15-28-21)16-19-5-3-4-18(12-19)14-29-24-10-11-27-25-13-20(26)6-9-23(24)25/h3-13,15H,14,16-17H2,1-2H3,(H,27,29). The smallest absolute Gasteiger partial charge is 0.137 e. The van der Waals surface area contributed by atoms with Crippen molar-refractivity contribution in [3.05, 3.63) is 94.9 Å². The Labute approximate surface area is 187 Å². The summed E-state index contributed by atoms with van der Waals surface area (Å²) >= 11 is 6.09. The molecule has 0 unspecified atom stereocenters. The van der Waals surface area contributed by atoms with Gasteiger partial charge in [-0.1, -0.05) is 35.9 Å². The molecule has 0 radical (unpaired) electrons. The second-order valence-corrected chi connectivity index (χ2v) is 7.99. The number of nitrogens with zero attached hydrogens (tertiary/aromatic N) is 3. The fourth-order valence-corrected chi connectivity index (χ4v) is 3.75. The van der Waals surface area contributed by atoms with Gasteiger partial charge in [-0.15, -0.1) is 0 Å². The summed E-state index contributed by atoms with van der Waals surface area (Å²) in [5, 5.41) is 5.29. The highest BCUT2D eigenvalue weighted by molar-refractivity contribution is 6.31. The number of hydrogen-bond acceptors (Lipinski definition) is 5. The van der Waals surface area contributed by atoms with Crippen molar-refractivity contribution >= 4 is 28.2 Å². The Balaban J connectivity index is 1.39. The van der Waals surface area contributed by atoms with Crippen molar-refractivity contribution in [2.24, 2.45) is 0 Å². The minimum Gasteiger partial charge on any atom is -0.495 e. The summed E-state index contributed by atoms with van der Waals surface area (Å²) < 4.78 is 5.18. The number of hydrogen-bond donors (Lipinski definition) is 1. The van der Waals surface area contributed by atoms with Crippen LogP contribution in [0.2, 0.25) is 5.02 Å². The number of pyridine rings is 2. The quantitative estimate of drug-likeness (QED) is 0.396. The van der Waals surface area contributed by atoms with E-state index in [0.717, 1.165) is 47.7 Å². The third kappa shape index (κ3) is 5.51. The molecule has 0 amide bonds. The maximum absolute atomic E-state index is 6.09. The van der Waals surface area contributed by atoms with Crippen molar-refractivity contribution in [2.75, 3.05) is 19.5 Å². The lowest BCUT2D eigenvalue weighted by molar-refractivity contribution is 0.314. The second kappa shape index (κ2) is 9.77. The summed E-state index contributed by atoms with van der Waals surface area (Å²) in [6.45, 7) is 2.36. The SMILES string of the molecule is COc1ccc(CN(C)Cc2cccc(CNc3ccnc4cc(Cl)ccc34)c2)nc1. The summed E-state index contributed by atoms with van der Waals surface area (Å²) in [6, 6.07) is 20.4. The summed E-state index contributed by atoms with van der Waals surface area (Å²) in [5.74, 6) is 0.775. The zero-order valence-corrected chi connectivity index (χ0v) is 18.4. The molecule has 0 aliphatic heterocycles. The molecule has 31 heavy (non-hydrogen) atoms. The molecule has 0 fully saturated rings. The molecule has 4 rings (SSSR count). The zero-order chi connectivity index (χ0) is 21.6. The number of nitrogens with one attached hydrogen (secondary N) is 1. The lowest BCUT2D eigenvalue weighted by Crippen LogP contribution is -2.18. The molecule has 0 bridgehead atoms. The fraction of sp³-hybridized carbons (Fsp3) is 0.200. The van der Waals surface area contributed by atoms with Gasteiger partial charge in [-0.2, -0.15) is 0 Å². The zero-order valence-electron chi connectivity index (χ0n) is 17.7. The maximum Gasteiger partial charge on any atom is 0.137 e. The highest BCUT2D eigenvalue weighted by Gasteiger charge is 2.06. The van der Waals surface area contributed by atoms with Crippen LogP contribution in [-0.4, -0.2) is 29.0 Å². The molecule has 0 atom stereocenters. The number of ether oxygens (including phenoxy) is 1. The van der Waals surface area contributed by atoms with Gasteiger partial charge >= 0.3 is 0 Å². The van der Waals surface area contributed by atoms with E-state index in [9.17, 15) is 0 Å². The van der Waals surface area contributed by atoms with Gasteiger partial charge < -0.3 is 10.1 Å². The molecule has 158 valence electrons. The normalized spacial score (nSPS) is 11.1. The van der Waals surface area contributed by atoms with E-state index in [1.54, 1.807) is 19.5 Å². The lowest BCUT2D eigenvalue weighted by Gasteiger charge is -2.17. The number of fused-ring (bicyclic) bond motifs is 1. The van der Waals surface area contributed by atoms with Gasteiger partial charge in [-0.25, -0.2) is 0 Å². The van der Waals surface area contributed by atoms with Crippen molar-refractivity contribution < 1.29 is 4.74 Å². The third-order valence-corrected chi connectivity index (χ3v) is 5.33. The van der Waals surface area contributed by atoms with E-state index < -0.39 is 0 Å². The molecule has 6 heteroatoms. The first-order valence-corrected chi connectivity index (χ1v) is 10.5. The Morgan fingerprint density at radius 1 is 0.968 bits per heavy atom. The maximum atomic E-state index is 6.09. The van der Waals surface area contributed by atoms with Gasteiger partial charge in [0.1, 0.15) is 5.75 Å². The summed E-state index contributed by atoms with van der Waals surface area (Å²) in [7, 11) is 3.75. The highest BCUT2D eigenvalue weighted by Crippen LogP contribution is 2.25. The van der Waals surface area contributed by atoms with Crippen molar-refractivity contribution in [2.45, 2.75) is 19.6 Å². The molecule has 2 aromatic carbocycles. The molecule has 0 saturated carbocycles. The van der Waals surface area contributed by atoms with Crippen LogP contribution in [-0.2, 0) is 19.6 Å². The van der Waals surface area contributed by atoms with Crippen LogP contribution in [0.4, 0.5) is 5.69 Å². The van der Waals surface area contributed by atoms with Crippen LogP contribution in [0.25, 0.3) is 10.9 Å². The average molecular weight is 433 g/mol. The second-order valence-electron chi connectivity index (χ2n) is 7.56. The van der Waals surface area contributed by atoms with E-state index in [0.29, 0.717) is 5.02 Å². The first-order valence-electron chi connectivity index (χ1n) is 10.1. The monoisotopic (exact) mass is 432 g/mol. The van der Waals surface area contributed by atoms with Gasteiger partial charge in [-0.3, -0.25) is 14.9 Å². The molecule has 2 aromatic heterocycles. The molecule has 0 aliphatic carbocycles. The first kappa shape index (κ1) is 21.1. The van der Waals surface area contributed by atoms with Crippen molar-refractivity contribution in [3.63, 3.8) is 0 Å². The van der Waals surface area contributed by atoms with E-state index in [-0.39, 0.29) is 0 Å². The molecule has 5 nitrogen and oxygen atoms in total. The number of anilines is 1. The van der Waals surface area contributed by atoms with Crippen LogP contribution < -0.4 is 10.1 Å². The molecule has 0 aliphatic rings. The lowest BCUT2D eigenvalue weighted by atomic mass is 10.1. The Morgan fingerprint density at radius 3 is 2.65 bits per heavy atom. The fourth-order valence-electron chi connectivity index (χ4n) is 3.58. The van der Waals surface area contributed by atoms with Crippen LogP contribution in [0.3, 0.4) is 0 Å². The van der Waals surface area contributed by atoms with Crippen LogP contribution >= 0.6 is 11.6 Å². The van der Waals surface area contributed by atoms with E-state index in [2.05, 4.69) is 51.5 Å². The Morgan fingerprint density at radius 2 is 1.84 bits per heavy atom. The highest BCUT2D eigenvalue weighted by atomic mass is 35.5. The van der Waals surface area contributed by atoms with Crippen molar-refractivity contribution in [3.8, 4) is 5.75 Å². The Bertz CT molecular complexity index is 1160. The number of methoxy groups -OCH3 is 1. The summed E-state index contributed by atoms with van der Waals surface area (Å²) in [4.78, 5) is 11.1. The molecule has 0 saturated heterocycles. The molecule has 1 N–H and O–H groups in total. The van der Waals surface area contributed by atoms with Crippen LogP contribution in [0.1, 0.15) is 16.8 Å². The van der Waals surface area contributed by atoms with Crippen LogP contribution in [0, 0.1) is 0 Å². The van der Waals surface area contributed by atoms with Gasteiger partial charge in [0.2, 0.25) is 0 Å². The molecule has 4 aromatic rings. The molecule has 2 heterocycles. The predicted molar refractivity (Wildman–Crippen MR) is 126 cm³/mol. The number of halogens is 1. The predicted octanol–water partition coefficient (Wildman–Crippen LogP) is 5.54. The van der Waals surface area contributed by atoms with Gasteiger partial charge in [0, 0.05) is 41.9 Å².